The largest absolute Gasteiger partial charge is 0.324 e. The second kappa shape index (κ2) is 10.2. The number of hydrogen-bond acceptors (Lipinski definition) is 6. The van der Waals surface area contributed by atoms with E-state index in [0.29, 0.717) is 18.0 Å². The van der Waals surface area contributed by atoms with Gasteiger partial charge in [0, 0.05) is 42.3 Å². The van der Waals surface area contributed by atoms with Crippen molar-refractivity contribution < 1.29 is 18.7 Å². The normalized spacial score (nSPS) is 32.0. The molecule has 2 atom stereocenters. The van der Waals surface area contributed by atoms with Crippen LogP contribution < -0.4 is 0 Å². The van der Waals surface area contributed by atoms with Crippen LogP contribution in [-0.2, 0) is 14.3 Å². The van der Waals surface area contributed by atoms with Gasteiger partial charge in [0.1, 0.15) is 5.82 Å². The number of benzene rings is 1. The number of hydrogen-bond donors (Lipinski definition) is 1. The van der Waals surface area contributed by atoms with E-state index in [0.717, 1.165) is 58.3 Å². The Kier molecular flexibility index (Phi) is 7.23. The van der Waals surface area contributed by atoms with E-state index in [-0.39, 0.29) is 35.3 Å². The average Bonchev–Trinajstić information content (AvgIpc) is 3.64. The van der Waals surface area contributed by atoms with Crippen LogP contribution in [0.4, 0.5) is 4.39 Å². The van der Waals surface area contributed by atoms with Crippen LogP contribution in [-0.4, -0.2) is 66.1 Å². The molecule has 33 heavy (non-hydrogen) atoms. The van der Waals surface area contributed by atoms with E-state index in [1.165, 1.54) is 11.6 Å². The summed E-state index contributed by atoms with van der Waals surface area (Å²) in [5, 5.41) is 0.189. The lowest BCUT2D eigenvalue weighted by atomic mass is 9.93. The van der Waals surface area contributed by atoms with Gasteiger partial charge in [-0.2, -0.15) is 12.6 Å². The van der Waals surface area contributed by atoms with Crippen LogP contribution in [0.15, 0.2) is 35.9 Å². The highest BCUT2D eigenvalue weighted by Gasteiger charge is 2.41. The van der Waals surface area contributed by atoms with Crippen LogP contribution in [0.5, 0.6) is 0 Å². The molecule has 0 aromatic heterocycles. The number of likely N-dealkylation sites (tertiary alicyclic amines) is 2. The zero-order valence-corrected chi connectivity index (χ0v) is 20.3. The summed E-state index contributed by atoms with van der Waals surface area (Å²) in [6.45, 7) is 6.32. The summed E-state index contributed by atoms with van der Waals surface area (Å²) in [6, 6.07) is 6.27. The quantitative estimate of drug-likeness (QED) is 0.474. The number of piperidine rings is 2. The molecule has 2 unspecified atom stereocenters. The Bertz CT molecular complexity index is 878. The van der Waals surface area contributed by atoms with Crippen molar-refractivity contribution in [3.8, 4) is 0 Å². The van der Waals surface area contributed by atoms with Crippen LogP contribution in [0.25, 0.3) is 0 Å². The van der Waals surface area contributed by atoms with Gasteiger partial charge in [-0.05, 0) is 63.8 Å². The molecule has 5 nitrogen and oxygen atoms in total. The number of Topliss-reactive ketones (excluding diaryl/α,β-unsaturated/α-hetero) is 1. The summed E-state index contributed by atoms with van der Waals surface area (Å²) >= 11 is 4.84. The summed E-state index contributed by atoms with van der Waals surface area (Å²) in [4.78, 5) is 17.9. The molecule has 5 rings (SSSR count). The van der Waals surface area contributed by atoms with Gasteiger partial charge in [-0.25, -0.2) is 4.39 Å². The third-order valence-corrected chi connectivity index (χ3v) is 8.19. The smallest absolute Gasteiger partial charge is 0.166 e. The summed E-state index contributed by atoms with van der Waals surface area (Å²) in [6.07, 6.45) is 7.12. The number of carbonyl (C=O) groups excluding carboxylic acids is 1. The first-order valence-corrected chi connectivity index (χ1v) is 12.9. The molecule has 3 aliphatic heterocycles. The Morgan fingerprint density at radius 1 is 1.15 bits per heavy atom. The van der Waals surface area contributed by atoms with Crippen molar-refractivity contribution >= 4 is 18.4 Å². The molecule has 3 heterocycles. The van der Waals surface area contributed by atoms with Gasteiger partial charge in [-0.15, -0.1) is 0 Å². The Balaban J connectivity index is 1.23. The molecule has 4 aliphatic rings. The zero-order chi connectivity index (χ0) is 22.9. The number of ketones is 1. The average molecular weight is 475 g/mol. The lowest BCUT2D eigenvalue weighted by Crippen LogP contribution is -2.48. The number of ether oxygens (including phenoxy) is 2. The van der Waals surface area contributed by atoms with E-state index in [2.05, 4.69) is 15.9 Å². The molecule has 0 radical (unpaired) electrons. The molecule has 3 saturated heterocycles. The van der Waals surface area contributed by atoms with E-state index in [1.54, 1.807) is 12.1 Å². The van der Waals surface area contributed by atoms with Gasteiger partial charge >= 0.3 is 0 Å². The SMILES string of the molecule is CC1OC(C2CCN(C/C=C3\CN(C(C(=O)C4CC4)c4ccccc4F)CCC3S)CC2)O1. The molecule has 180 valence electrons. The molecule has 0 N–H and O–H groups in total. The predicted octanol–water partition coefficient (Wildman–Crippen LogP) is 4.21. The molecule has 1 aromatic carbocycles. The first-order valence-electron chi connectivity index (χ1n) is 12.4. The van der Waals surface area contributed by atoms with Crippen molar-refractivity contribution in [1.82, 2.24) is 9.80 Å². The monoisotopic (exact) mass is 474 g/mol. The molecular formula is C26H35FN2O3S. The van der Waals surface area contributed by atoms with Crippen molar-refractivity contribution in [2.75, 3.05) is 32.7 Å². The van der Waals surface area contributed by atoms with E-state index in [9.17, 15) is 9.18 Å². The standard InChI is InChI=1S/C26H35FN2O3S/c1-17-31-26(32-17)19-8-12-28(13-9-19)14-10-20-16-29(15-11-23(20)33)24(25(30)18-6-7-18)21-4-2-3-5-22(21)27/h2-5,10,17-19,23-24,26,33H,6-9,11-16H2,1H3/b20-10+. The topological polar surface area (TPSA) is 42.0 Å². The Hall–Kier alpha value is -1.25. The number of nitrogens with zero attached hydrogens (tertiary/aromatic N) is 2. The van der Waals surface area contributed by atoms with Gasteiger partial charge in [-0.1, -0.05) is 24.3 Å². The molecule has 1 aliphatic carbocycles. The van der Waals surface area contributed by atoms with Gasteiger partial charge in [-0.3, -0.25) is 14.6 Å². The lowest BCUT2D eigenvalue weighted by molar-refractivity contribution is -0.394. The summed E-state index contributed by atoms with van der Waals surface area (Å²) < 4.78 is 26.1. The van der Waals surface area contributed by atoms with Gasteiger partial charge < -0.3 is 9.47 Å². The van der Waals surface area contributed by atoms with Crippen molar-refractivity contribution in [2.45, 2.75) is 62.9 Å². The first-order chi connectivity index (χ1) is 16.0. The summed E-state index contributed by atoms with van der Waals surface area (Å²) in [5.74, 6) is 0.465. The molecule has 0 amide bonds. The van der Waals surface area contributed by atoms with Crippen LogP contribution >= 0.6 is 12.6 Å². The summed E-state index contributed by atoms with van der Waals surface area (Å²) in [5.41, 5.74) is 1.76. The zero-order valence-electron chi connectivity index (χ0n) is 19.4. The highest BCUT2D eigenvalue weighted by Crippen LogP contribution is 2.39. The third-order valence-electron chi connectivity index (χ3n) is 7.60. The second-order valence-corrected chi connectivity index (χ2v) is 10.6. The lowest BCUT2D eigenvalue weighted by Gasteiger charge is -2.42. The maximum absolute atomic E-state index is 14.7. The maximum Gasteiger partial charge on any atom is 0.166 e. The molecule has 0 bridgehead atoms. The third kappa shape index (κ3) is 5.38. The highest BCUT2D eigenvalue weighted by molar-refractivity contribution is 7.81. The first kappa shape index (κ1) is 23.5. The minimum atomic E-state index is -0.497. The highest BCUT2D eigenvalue weighted by atomic mass is 32.1. The predicted molar refractivity (Wildman–Crippen MR) is 129 cm³/mol. The molecule has 7 heteroatoms. The van der Waals surface area contributed by atoms with Gasteiger partial charge in [0.2, 0.25) is 0 Å². The maximum atomic E-state index is 14.7. The molecule has 4 fully saturated rings. The Morgan fingerprint density at radius 2 is 1.88 bits per heavy atom. The van der Waals surface area contributed by atoms with Crippen LogP contribution in [0.1, 0.15) is 50.6 Å². The minimum Gasteiger partial charge on any atom is -0.324 e. The summed E-state index contributed by atoms with van der Waals surface area (Å²) in [7, 11) is 0. The van der Waals surface area contributed by atoms with Crippen molar-refractivity contribution in [2.24, 2.45) is 11.8 Å². The number of thiol groups is 1. The van der Waals surface area contributed by atoms with Gasteiger partial charge in [0.05, 0.1) is 6.04 Å². The minimum absolute atomic E-state index is 0.0199. The second-order valence-electron chi connectivity index (χ2n) is 10.0. The number of halogens is 1. The fourth-order valence-corrected chi connectivity index (χ4v) is 5.70. The number of carbonyl (C=O) groups is 1. The molecule has 1 saturated carbocycles. The fourth-order valence-electron chi connectivity index (χ4n) is 5.40. The molecule has 0 spiro atoms. The Labute approximate surface area is 201 Å². The van der Waals surface area contributed by atoms with E-state index in [1.807, 2.05) is 13.0 Å². The Morgan fingerprint density at radius 3 is 2.55 bits per heavy atom. The van der Waals surface area contributed by atoms with E-state index in [4.69, 9.17) is 22.1 Å². The van der Waals surface area contributed by atoms with Crippen LogP contribution in [0.3, 0.4) is 0 Å². The number of rotatable bonds is 7. The van der Waals surface area contributed by atoms with Crippen LogP contribution in [0.2, 0.25) is 0 Å². The van der Waals surface area contributed by atoms with Crippen LogP contribution in [0, 0.1) is 17.7 Å². The molecular weight excluding hydrogens is 439 g/mol. The fraction of sp³-hybridized carbons (Fsp3) is 0.654. The van der Waals surface area contributed by atoms with Crippen molar-refractivity contribution in [3.63, 3.8) is 0 Å². The van der Waals surface area contributed by atoms with E-state index < -0.39 is 6.04 Å². The van der Waals surface area contributed by atoms with Crippen molar-refractivity contribution in [3.05, 3.63) is 47.3 Å². The van der Waals surface area contributed by atoms with Crippen molar-refractivity contribution in [1.29, 1.82) is 0 Å². The molecule has 1 aromatic rings. The van der Waals surface area contributed by atoms with Gasteiger partial charge in [0.25, 0.3) is 0 Å². The van der Waals surface area contributed by atoms with E-state index >= 15 is 0 Å². The van der Waals surface area contributed by atoms with Gasteiger partial charge in [0.15, 0.2) is 18.4 Å².